The molecule has 1 amide bonds. The molecule has 1 fully saturated rings. The van der Waals surface area contributed by atoms with Crippen molar-refractivity contribution < 1.29 is 23.2 Å². The third-order valence-corrected chi connectivity index (χ3v) is 7.98. The van der Waals surface area contributed by atoms with Crippen molar-refractivity contribution in [2.24, 2.45) is 5.16 Å². The lowest BCUT2D eigenvalue weighted by Crippen LogP contribution is -2.42. The third kappa shape index (κ3) is 4.52. The predicted octanol–water partition coefficient (Wildman–Crippen LogP) is 4.13. The van der Waals surface area contributed by atoms with Gasteiger partial charge < -0.3 is 24.4 Å². The summed E-state index contributed by atoms with van der Waals surface area (Å²) in [6.07, 6.45) is 3.67. The lowest BCUT2D eigenvalue weighted by atomic mass is 10.0. The molecule has 4 aromatic rings. The Balaban J connectivity index is 1.62. The van der Waals surface area contributed by atoms with Gasteiger partial charge >= 0.3 is 6.09 Å². The van der Waals surface area contributed by atoms with E-state index in [1.54, 1.807) is 29.3 Å². The van der Waals surface area contributed by atoms with Crippen LogP contribution in [0.4, 0.5) is 4.79 Å². The van der Waals surface area contributed by atoms with Gasteiger partial charge in [-0.15, -0.1) is 0 Å². The number of oxime groups is 1. The molecule has 0 saturated carbocycles. The molecule has 1 saturated heterocycles. The number of carbonyl (C=O) groups is 1. The van der Waals surface area contributed by atoms with Gasteiger partial charge in [-0.05, 0) is 51.8 Å². The van der Waals surface area contributed by atoms with Gasteiger partial charge in [0.05, 0.1) is 10.4 Å². The Morgan fingerprint density at radius 1 is 1.16 bits per heavy atom. The average Bonchev–Trinajstić information content (AvgIpc) is 3.47. The molecular weight excluding hydrogens is 496 g/mol. The van der Waals surface area contributed by atoms with Crippen LogP contribution in [0.3, 0.4) is 0 Å². The first-order chi connectivity index (χ1) is 17.6. The fourth-order valence-electron chi connectivity index (χ4n) is 4.70. The van der Waals surface area contributed by atoms with Crippen molar-refractivity contribution in [1.29, 1.82) is 0 Å². The number of pyridine rings is 1. The van der Waals surface area contributed by atoms with Crippen LogP contribution in [0.2, 0.25) is 0 Å². The summed E-state index contributed by atoms with van der Waals surface area (Å²) < 4.78 is 34.7. The van der Waals surface area contributed by atoms with Crippen LogP contribution in [0.25, 0.3) is 22.1 Å². The minimum Gasteiger partial charge on any atom is -0.444 e. The van der Waals surface area contributed by atoms with Gasteiger partial charge in [-0.25, -0.2) is 23.2 Å². The summed E-state index contributed by atoms with van der Waals surface area (Å²) in [5.74, 6) is 0.299. The summed E-state index contributed by atoms with van der Waals surface area (Å²) >= 11 is 0. The standard InChI is InChI=1S/C25H28N6O5S/c1-25(2,3)36-24(32)30-13-10-16(11-14-30)31-19(15-27-33)28-20-21(31)18-9-12-26-22(18)29-23(20)37(34,35)17-7-5-4-6-8-17/h4-9,12,15-16,33H,10-11,13-14H2,1-3H3,(H,26,29). The van der Waals surface area contributed by atoms with Crippen LogP contribution in [0, 0.1) is 0 Å². The monoisotopic (exact) mass is 524 g/mol. The number of amides is 1. The smallest absolute Gasteiger partial charge is 0.410 e. The van der Waals surface area contributed by atoms with E-state index < -0.39 is 15.4 Å². The normalized spacial score (nSPS) is 15.7. The van der Waals surface area contributed by atoms with Crippen LogP contribution in [0.1, 0.15) is 45.5 Å². The number of likely N-dealkylation sites (tertiary alicyclic amines) is 1. The third-order valence-electron chi connectivity index (χ3n) is 6.30. The van der Waals surface area contributed by atoms with Gasteiger partial charge in [0.25, 0.3) is 0 Å². The van der Waals surface area contributed by atoms with E-state index in [0.29, 0.717) is 48.3 Å². The van der Waals surface area contributed by atoms with E-state index in [0.717, 1.165) is 0 Å². The molecule has 0 spiro atoms. The number of imidazole rings is 1. The van der Waals surface area contributed by atoms with E-state index in [1.165, 1.54) is 18.3 Å². The van der Waals surface area contributed by atoms with Gasteiger partial charge in [0, 0.05) is 30.7 Å². The molecule has 12 heteroatoms. The zero-order valence-corrected chi connectivity index (χ0v) is 21.6. The summed E-state index contributed by atoms with van der Waals surface area (Å²) in [6, 6.07) is 9.75. The van der Waals surface area contributed by atoms with E-state index in [1.807, 2.05) is 31.4 Å². The number of ether oxygens (including phenoxy) is 1. The minimum atomic E-state index is -4.00. The Hall–Kier alpha value is -3.93. The fraction of sp³-hybridized carbons (Fsp3) is 0.360. The van der Waals surface area contributed by atoms with Crippen LogP contribution < -0.4 is 0 Å². The van der Waals surface area contributed by atoms with Crippen molar-refractivity contribution in [1.82, 2.24) is 24.4 Å². The number of H-pyrrole nitrogens is 1. The number of sulfone groups is 1. The molecule has 0 aliphatic carbocycles. The van der Waals surface area contributed by atoms with E-state index in [2.05, 4.69) is 20.1 Å². The molecule has 1 aliphatic rings. The molecule has 2 N–H and O–H groups in total. The number of nitrogens with one attached hydrogen (secondary N) is 1. The Labute approximate surface area is 213 Å². The van der Waals surface area contributed by atoms with Gasteiger partial charge in [0.1, 0.15) is 23.0 Å². The topological polar surface area (TPSA) is 143 Å². The summed E-state index contributed by atoms with van der Waals surface area (Å²) in [5.41, 5.74) is 0.584. The van der Waals surface area contributed by atoms with E-state index in [-0.39, 0.29) is 27.6 Å². The number of piperidine rings is 1. The number of hydrogen-bond donors (Lipinski definition) is 2. The van der Waals surface area contributed by atoms with Crippen molar-refractivity contribution in [3.05, 3.63) is 48.4 Å². The molecule has 0 bridgehead atoms. The van der Waals surface area contributed by atoms with Crippen molar-refractivity contribution >= 4 is 44.2 Å². The highest BCUT2D eigenvalue weighted by Gasteiger charge is 2.33. The summed E-state index contributed by atoms with van der Waals surface area (Å²) in [4.78, 5) is 26.4. The number of rotatable bonds is 4. The molecule has 0 unspecified atom stereocenters. The largest absolute Gasteiger partial charge is 0.444 e. The van der Waals surface area contributed by atoms with Gasteiger partial charge in [-0.1, -0.05) is 23.4 Å². The first kappa shape index (κ1) is 24.8. The van der Waals surface area contributed by atoms with Crippen LogP contribution >= 0.6 is 0 Å². The first-order valence-corrected chi connectivity index (χ1v) is 13.4. The molecule has 11 nitrogen and oxygen atoms in total. The van der Waals surface area contributed by atoms with E-state index >= 15 is 0 Å². The van der Waals surface area contributed by atoms with E-state index in [4.69, 9.17) is 4.74 Å². The molecule has 5 rings (SSSR count). The number of hydrogen-bond acceptors (Lipinski definition) is 8. The lowest BCUT2D eigenvalue weighted by Gasteiger charge is -2.34. The highest BCUT2D eigenvalue weighted by atomic mass is 32.2. The highest BCUT2D eigenvalue weighted by Crippen LogP contribution is 2.36. The quantitative estimate of drug-likeness (QED) is 0.232. The highest BCUT2D eigenvalue weighted by molar-refractivity contribution is 7.91. The van der Waals surface area contributed by atoms with Crippen molar-refractivity contribution in [3.63, 3.8) is 0 Å². The SMILES string of the molecule is CC(C)(C)OC(=O)N1CCC(n2c(C=NO)nc3c(S(=O)(=O)c4ccccc4)nc4[nH]ccc4c32)CC1. The van der Waals surface area contributed by atoms with E-state index in [9.17, 15) is 18.4 Å². The van der Waals surface area contributed by atoms with Crippen molar-refractivity contribution in [2.75, 3.05) is 13.1 Å². The Kier molecular flexibility index (Phi) is 6.14. The molecule has 0 radical (unpaired) electrons. The molecule has 1 aliphatic heterocycles. The second kappa shape index (κ2) is 9.18. The lowest BCUT2D eigenvalue weighted by molar-refractivity contribution is 0.0189. The molecule has 0 atom stereocenters. The Morgan fingerprint density at radius 3 is 2.51 bits per heavy atom. The Morgan fingerprint density at radius 2 is 1.86 bits per heavy atom. The maximum Gasteiger partial charge on any atom is 0.410 e. The summed E-state index contributed by atoms with van der Waals surface area (Å²) in [7, 11) is -4.00. The van der Waals surface area contributed by atoms with Crippen molar-refractivity contribution in [2.45, 2.75) is 55.2 Å². The fourth-order valence-corrected chi connectivity index (χ4v) is 6.05. The molecular formula is C25H28N6O5S. The number of fused-ring (bicyclic) bond motifs is 3. The predicted molar refractivity (Wildman–Crippen MR) is 137 cm³/mol. The summed E-state index contributed by atoms with van der Waals surface area (Å²) in [5, 5.41) is 13.1. The maximum atomic E-state index is 13.6. The second-order valence-electron chi connectivity index (χ2n) is 9.95. The van der Waals surface area contributed by atoms with Gasteiger partial charge in [-0.3, -0.25) is 0 Å². The molecule has 3 aromatic heterocycles. The molecule has 194 valence electrons. The zero-order valence-electron chi connectivity index (χ0n) is 20.7. The number of aromatic nitrogens is 4. The minimum absolute atomic E-state index is 0.104. The second-order valence-corrected chi connectivity index (χ2v) is 11.8. The van der Waals surface area contributed by atoms with Crippen LogP contribution in [-0.4, -0.2) is 69.0 Å². The van der Waals surface area contributed by atoms with Gasteiger partial charge in [-0.2, -0.15) is 0 Å². The number of nitrogens with zero attached hydrogens (tertiary/aromatic N) is 5. The molecule has 4 heterocycles. The van der Waals surface area contributed by atoms with Crippen LogP contribution in [-0.2, 0) is 14.6 Å². The molecule has 1 aromatic carbocycles. The molecule has 37 heavy (non-hydrogen) atoms. The average molecular weight is 525 g/mol. The number of benzene rings is 1. The van der Waals surface area contributed by atoms with Crippen LogP contribution in [0.5, 0.6) is 0 Å². The Bertz CT molecular complexity index is 1590. The zero-order chi connectivity index (χ0) is 26.4. The van der Waals surface area contributed by atoms with Crippen molar-refractivity contribution in [3.8, 4) is 0 Å². The summed E-state index contributed by atoms with van der Waals surface area (Å²) in [6.45, 7) is 6.38. The van der Waals surface area contributed by atoms with Crippen LogP contribution in [0.15, 0.2) is 57.7 Å². The van der Waals surface area contributed by atoms with Gasteiger partial charge in [0.15, 0.2) is 10.9 Å². The maximum absolute atomic E-state index is 13.6. The number of aromatic amines is 1. The van der Waals surface area contributed by atoms with Gasteiger partial charge in [0.2, 0.25) is 9.84 Å². The number of carbonyl (C=O) groups excluding carboxylic acids is 1. The first-order valence-electron chi connectivity index (χ1n) is 11.9.